The quantitative estimate of drug-likeness (QED) is 0.730. The molecular formula is C18H20N6O. The van der Waals surface area contributed by atoms with E-state index >= 15 is 0 Å². The van der Waals surface area contributed by atoms with Gasteiger partial charge < -0.3 is 9.80 Å². The van der Waals surface area contributed by atoms with Crippen molar-refractivity contribution in [3.8, 4) is 11.3 Å². The molecule has 3 aromatic rings. The summed E-state index contributed by atoms with van der Waals surface area (Å²) in [6.07, 6.45) is 3.32. The summed E-state index contributed by atoms with van der Waals surface area (Å²) in [6, 6.07) is 11.8. The fourth-order valence-electron chi connectivity index (χ4n) is 3.35. The number of aromatic nitrogens is 4. The summed E-state index contributed by atoms with van der Waals surface area (Å²) in [5, 5.41) is 4.31. The van der Waals surface area contributed by atoms with Crippen molar-refractivity contribution < 1.29 is 4.79 Å². The maximum Gasteiger partial charge on any atom is 0.254 e. The van der Waals surface area contributed by atoms with E-state index in [0.717, 1.165) is 36.5 Å². The van der Waals surface area contributed by atoms with E-state index in [9.17, 15) is 4.79 Å². The van der Waals surface area contributed by atoms with Crippen molar-refractivity contribution >= 4 is 17.5 Å². The van der Waals surface area contributed by atoms with Gasteiger partial charge in [-0.05, 0) is 12.8 Å². The van der Waals surface area contributed by atoms with Crippen LogP contribution in [0.25, 0.3) is 17.0 Å². The van der Waals surface area contributed by atoms with Gasteiger partial charge in [-0.3, -0.25) is 4.79 Å². The highest BCUT2D eigenvalue weighted by molar-refractivity contribution is 5.85. The van der Waals surface area contributed by atoms with Gasteiger partial charge in [0.1, 0.15) is 18.2 Å². The normalized spacial score (nSPS) is 17.2. The molecular weight excluding hydrogens is 316 g/mol. The number of hydrogen-bond donors (Lipinski definition) is 0. The maximum atomic E-state index is 12.6. The zero-order chi connectivity index (χ0) is 17.4. The number of anilines is 1. The second-order valence-corrected chi connectivity index (χ2v) is 6.42. The minimum atomic E-state index is -0.173. The second kappa shape index (κ2) is 6.16. The fraction of sp³-hybridized carbons (Fsp3) is 0.333. The highest BCUT2D eigenvalue weighted by atomic mass is 16.2. The lowest BCUT2D eigenvalue weighted by molar-refractivity contribution is -0.129. The van der Waals surface area contributed by atoms with E-state index in [2.05, 4.69) is 20.0 Å². The first kappa shape index (κ1) is 15.6. The number of likely N-dealkylation sites (N-methyl/N-ethyl adjacent to an activating group) is 1. The third-order valence-electron chi connectivity index (χ3n) is 4.58. The van der Waals surface area contributed by atoms with Crippen LogP contribution in [0, 0.1) is 0 Å². The van der Waals surface area contributed by atoms with Gasteiger partial charge in [-0.2, -0.15) is 14.6 Å². The lowest BCUT2D eigenvalue weighted by Crippen LogP contribution is -2.43. The summed E-state index contributed by atoms with van der Waals surface area (Å²) in [5.74, 6) is 1.52. The molecule has 7 heteroatoms. The predicted molar refractivity (Wildman–Crippen MR) is 95.3 cm³/mol. The summed E-state index contributed by atoms with van der Waals surface area (Å²) in [5.41, 5.74) is 1.85. The molecule has 0 bridgehead atoms. The van der Waals surface area contributed by atoms with Crippen LogP contribution < -0.4 is 4.90 Å². The number of carbonyl (C=O) groups excluding carboxylic acids is 1. The Balaban J connectivity index is 1.83. The number of rotatable bonds is 3. The molecule has 3 heterocycles. The van der Waals surface area contributed by atoms with Crippen LogP contribution >= 0.6 is 0 Å². The molecule has 1 unspecified atom stereocenters. The first-order chi connectivity index (χ1) is 12.1. The Labute approximate surface area is 145 Å². The molecule has 1 atom stereocenters. The molecule has 128 valence electrons. The van der Waals surface area contributed by atoms with E-state index in [1.807, 2.05) is 36.4 Å². The van der Waals surface area contributed by atoms with Gasteiger partial charge in [-0.15, -0.1) is 0 Å². The van der Waals surface area contributed by atoms with Crippen LogP contribution in [-0.2, 0) is 4.79 Å². The van der Waals surface area contributed by atoms with Crippen molar-refractivity contribution in [3.63, 3.8) is 0 Å². The first-order valence-corrected chi connectivity index (χ1v) is 8.39. The van der Waals surface area contributed by atoms with Crippen LogP contribution in [0.4, 0.5) is 5.82 Å². The summed E-state index contributed by atoms with van der Waals surface area (Å²) in [7, 11) is 3.59. The van der Waals surface area contributed by atoms with E-state index in [4.69, 9.17) is 0 Å². The smallest absolute Gasteiger partial charge is 0.254 e. The summed E-state index contributed by atoms with van der Waals surface area (Å²) in [6.45, 7) is 0.817. The van der Waals surface area contributed by atoms with Gasteiger partial charge in [-0.1, -0.05) is 30.3 Å². The molecule has 1 aliphatic rings. The van der Waals surface area contributed by atoms with Crippen LogP contribution in [0.5, 0.6) is 0 Å². The van der Waals surface area contributed by atoms with E-state index in [-0.39, 0.29) is 11.9 Å². The Morgan fingerprint density at radius 1 is 1.24 bits per heavy atom. The SMILES string of the molecule is CN(C)C(=O)C1CCCN1c1cc(-c2ccccc2)nc2ncnn12. The number of carbonyl (C=O) groups is 1. The molecule has 2 aromatic heterocycles. The molecule has 1 amide bonds. The molecule has 0 N–H and O–H groups in total. The Kier molecular flexibility index (Phi) is 3.83. The highest BCUT2D eigenvalue weighted by Crippen LogP contribution is 2.29. The van der Waals surface area contributed by atoms with E-state index in [1.54, 1.807) is 23.5 Å². The molecule has 1 fully saturated rings. The maximum absolute atomic E-state index is 12.6. The highest BCUT2D eigenvalue weighted by Gasteiger charge is 2.33. The van der Waals surface area contributed by atoms with Gasteiger partial charge in [0.2, 0.25) is 5.91 Å². The number of nitrogens with zero attached hydrogens (tertiary/aromatic N) is 6. The first-order valence-electron chi connectivity index (χ1n) is 8.39. The van der Waals surface area contributed by atoms with Crippen LogP contribution in [0.3, 0.4) is 0 Å². The van der Waals surface area contributed by atoms with Crippen LogP contribution in [0.1, 0.15) is 12.8 Å². The van der Waals surface area contributed by atoms with E-state index < -0.39 is 0 Å². The molecule has 0 spiro atoms. The zero-order valence-electron chi connectivity index (χ0n) is 14.3. The largest absolute Gasteiger partial charge is 0.347 e. The Morgan fingerprint density at radius 3 is 2.80 bits per heavy atom. The van der Waals surface area contributed by atoms with Gasteiger partial charge >= 0.3 is 0 Å². The minimum Gasteiger partial charge on any atom is -0.347 e. The topological polar surface area (TPSA) is 66.6 Å². The summed E-state index contributed by atoms with van der Waals surface area (Å²) < 4.78 is 1.72. The van der Waals surface area contributed by atoms with Crippen molar-refractivity contribution in [1.82, 2.24) is 24.5 Å². The van der Waals surface area contributed by atoms with Crippen LogP contribution in [-0.4, -0.2) is 57.1 Å². The Bertz CT molecular complexity index is 904. The van der Waals surface area contributed by atoms with Gasteiger partial charge in [-0.25, -0.2) is 4.98 Å². The molecule has 4 rings (SSSR count). The van der Waals surface area contributed by atoms with Crippen molar-refractivity contribution in [3.05, 3.63) is 42.7 Å². The monoisotopic (exact) mass is 336 g/mol. The molecule has 1 aliphatic heterocycles. The molecule has 0 radical (unpaired) electrons. The fourth-order valence-corrected chi connectivity index (χ4v) is 3.35. The predicted octanol–water partition coefficient (Wildman–Crippen LogP) is 1.85. The lowest BCUT2D eigenvalue weighted by Gasteiger charge is -2.28. The van der Waals surface area contributed by atoms with Gasteiger partial charge in [0.15, 0.2) is 0 Å². The average molecular weight is 336 g/mol. The van der Waals surface area contributed by atoms with Gasteiger partial charge in [0.05, 0.1) is 5.69 Å². The zero-order valence-corrected chi connectivity index (χ0v) is 14.3. The van der Waals surface area contributed by atoms with Gasteiger partial charge in [0.25, 0.3) is 5.78 Å². The van der Waals surface area contributed by atoms with E-state index in [1.165, 1.54) is 6.33 Å². The second-order valence-electron chi connectivity index (χ2n) is 6.42. The number of fused-ring (bicyclic) bond motifs is 1. The third-order valence-corrected chi connectivity index (χ3v) is 4.58. The van der Waals surface area contributed by atoms with Gasteiger partial charge in [0, 0.05) is 32.3 Å². The van der Waals surface area contributed by atoms with Crippen molar-refractivity contribution in [1.29, 1.82) is 0 Å². The summed E-state index contributed by atoms with van der Waals surface area (Å²) in [4.78, 5) is 25.2. The molecule has 7 nitrogen and oxygen atoms in total. The molecule has 25 heavy (non-hydrogen) atoms. The summed E-state index contributed by atoms with van der Waals surface area (Å²) >= 11 is 0. The molecule has 0 saturated carbocycles. The van der Waals surface area contributed by atoms with Crippen LogP contribution in [0.15, 0.2) is 42.7 Å². The van der Waals surface area contributed by atoms with Crippen molar-refractivity contribution in [2.75, 3.05) is 25.5 Å². The van der Waals surface area contributed by atoms with Crippen LogP contribution in [0.2, 0.25) is 0 Å². The standard InChI is InChI=1S/C18H20N6O/c1-22(2)17(25)15-9-6-10-23(15)16-11-14(13-7-4-3-5-8-13)21-18-19-12-20-24(16)18/h3-5,7-8,11-12,15H,6,9-10H2,1-2H3. The van der Waals surface area contributed by atoms with Crippen molar-refractivity contribution in [2.24, 2.45) is 0 Å². The molecule has 1 saturated heterocycles. The minimum absolute atomic E-state index is 0.115. The third kappa shape index (κ3) is 2.71. The average Bonchev–Trinajstić information content (AvgIpc) is 3.30. The van der Waals surface area contributed by atoms with Crippen molar-refractivity contribution in [2.45, 2.75) is 18.9 Å². The number of hydrogen-bond acceptors (Lipinski definition) is 5. The van der Waals surface area contributed by atoms with E-state index in [0.29, 0.717) is 5.78 Å². The number of amides is 1. The Morgan fingerprint density at radius 2 is 2.04 bits per heavy atom. The molecule has 1 aromatic carbocycles. The Hall–Kier alpha value is -2.96. The number of benzene rings is 1. The lowest BCUT2D eigenvalue weighted by atomic mass is 10.1. The molecule has 0 aliphatic carbocycles.